The molecule has 0 atom stereocenters. The van der Waals surface area contributed by atoms with Crippen LogP contribution in [0.2, 0.25) is 0 Å². The number of carbonyl (C=O) groups is 2. The molecule has 0 bridgehead atoms. The van der Waals surface area contributed by atoms with Crippen LogP contribution in [0.5, 0.6) is 0 Å². The van der Waals surface area contributed by atoms with Crippen molar-refractivity contribution in [1.29, 1.82) is 0 Å². The van der Waals surface area contributed by atoms with Gasteiger partial charge in [-0.15, -0.1) is 0 Å². The number of aromatic nitrogens is 1. The Morgan fingerprint density at radius 1 is 1.15 bits per heavy atom. The predicted molar refractivity (Wildman–Crippen MR) is 97.8 cm³/mol. The summed E-state index contributed by atoms with van der Waals surface area (Å²) in [5.74, 6) is 0.519. The van der Waals surface area contributed by atoms with Gasteiger partial charge in [0.15, 0.2) is 12.1 Å². The van der Waals surface area contributed by atoms with Crippen LogP contribution in [-0.2, 0) is 11.3 Å². The first-order valence-electron chi connectivity index (χ1n) is 9.13. The number of nitrogens with one attached hydrogen (secondary N) is 2. The molecule has 1 aliphatic carbocycles. The average molecular weight is 367 g/mol. The largest absolute Gasteiger partial charge is 0.459 e. The number of amides is 2. The van der Waals surface area contributed by atoms with E-state index in [1.807, 2.05) is 30.3 Å². The number of fused-ring (bicyclic) bond motifs is 1. The van der Waals surface area contributed by atoms with Crippen LogP contribution in [0, 0.1) is 5.92 Å². The Kier molecular flexibility index (Phi) is 4.91. The maximum atomic E-state index is 12.4. The number of rotatable bonds is 5. The van der Waals surface area contributed by atoms with Gasteiger partial charge in [0.25, 0.3) is 5.91 Å². The van der Waals surface area contributed by atoms with Gasteiger partial charge in [-0.1, -0.05) is 18.2 Å². The molecule has 2 amide bonds. The van der Waals surface area contributed by atoms with E-state index >= 15 is 0 Å². The normalized spacial score (nSPS) is 19.7. The van der Waals surface area contributed by atoms with Crippen LogP contribution in [0.4, 0.5) is 0 Å². The highest BCUT2D eigenvalue weighted by molar-refractivity contribution is 5.92. The Bertz CT molecular complexity index is 891. The minimum atomic E-state index is -0.235. The van der Waals surface area contributed by atoms with E-state index < -0.39 is 0 Å². The molecule has 0 aliphatic heterocycles. The summed E-state index contributed by atoms with van der Waals surface area (Å²) < 4.78 is 10.5. The molecule has 0 unspecified atom stereocenters. The van der Waals surface area contributed by atoms with E-state index in [1.54, 1.807) is 0 Å². The molecule has 2 aromatic heterocycles. The maximum Gasteiger partial charge on any atom is 0.273 e. The van der Waals surface area contributed by atoms with Crippen molar-refractivity contribution in [2.45, 2.75) is 38.3 Å². The highest BCUT2D eigenvalue weighted by Gasteiger charge is 2.27. The topological polar surface area (TPSA) is 97.4 Å². The number of benzene rings is 1. The molecule has 7 nitrogen and oxygen atoms in total. The standard InChI is InChI=1S/C20H21N3O4/c24-19(21-10-16-9-14-3-1-2-4-18(14)27-16)13-5-7-15(8-6-13)23-20(25)17-11-26-12-22-17/h1-4,9,11-13,15H,5-8,10H2,(H,21,24)(H,23,25). The number of hydrogen-bond donors (Lipinski definition) is 2. The van der Waals surface area contributed by atoms with Crippen molar-refractivity contribution in [3.05, 3.63) is 54.4 Å². The van der Waals surface area contributed by atoms with Crippen LogP contribution in [-0.4, -0.2) is 22.8 Å². The molecule has 1 saturated carbocycles. The van der Waals surface area contributed by atoms with Gasteiger partial charge in [-0.05, 0) is 37.8 Å². The van der Waals surface area contributed by atoms with Crippen molar-refractivity contribution < 1.29 is 18.4 Å². The molecule has 2 heterocycles. The molecule has 0 spiro atoms. The fraction of sp³-hybridized carbons (Fsp3) is 0.350. The Labute approximate surface area is 156 Å². The summed E-state index contributed by atoms with van der Waals surface area (Å²) in [6.45, 7) is 0.385. The summed E-state index contributed by atoms with van der Waals surface area (Å²) in [6, 6.07) is 9.79. The summed E-state index contributed by atoms with van der Waals surface area (Å²) in [6.07, 6.45) is 5.59. The zero-order valence-electron chi connectivity index (χ0n) is 14.8. The van der Waals surface area contributed by atoms with E-state index in [9.17, 15) is 9.59 Å². The lowest BCUT2D eigenvalue weighted by Gasteiger charge is -2.28. The van der Waals surface area contributed by atoms with Crippen LogP contribution in [0.1, 0.15) is 41.9 Å². The van der Waals surface area contributed by atoms with Gasteiger partial charge < -0.3 is 19.5 Å². The number of para-hydroxylation sites is 1. The van der Waals surface area contributed by atoms with Gasteiger partial charge in [-0.25, -0.2) is 4.98 Å². The van der Waals surface area contributed by atoms with Crippen molar-refractivity contribution in [2.75, 3.05) is 0 Å². The molecule has 0 radical (unpaired) electrons. The number of nitrogens with zero attached hydrogens (tertiary/aromatic N) is 1. The van der Waals surface area contributed by atoms with Crippen LogP contribution in [0.15, 0.2) is 51.8 Å². The molecule has 4 rings (SSSR count). The van der Waals surface area contributed by atoms with Crippen LogP contribution in [0.25, 0.3) is 11.0 Å². The first-order chi connectivity index (χ1) is 13.2. The second-order valence-corrected chi connectivity index (χ2v) is 6.86. The van der Waals surface area contributed by atoms with Gasteiger partial charge in [-0.2, -0.15) is 0 Å². The zero-order valence-corrected chi connectivity index (χ0v) is 14.8. The van der Waals surface area contributed by atoms with Crippen molar-refractivity contribution >= 4 is 22.8 Å². The molecule has 0 saturated heterocycles. The van der Waals surface area contributed by atoms with Crippen LogP contribution < -0.4 is 10.6 Å². The van der Waals surface area contributed by atoms with E-state index in [2.05, 4.69) is 15.6 Å². The lowest BCUT2D eigenvalue weighted by atomic mass is 9.85. The SMILES string of the molecule is O=C(NC1CCC(C(=O)NCc2cc3ccccc3o2)CC1)c1cocn1. The Hall–Kier alpha value is -3.09. The summed E-state index contributed by atoms with van der Waals surface area (Å²) >= 11 is 0. The van der Waals surface area contributed by atoms with Crippen molar-refractivity contribution in [3.8, 4) is 0 Å². The highest BCUT2D eigenvalue weighted by Crippen LogP contribution is 2.25. The van der Waals surface area contributed by atoms with Crippen molar-refractivity contribution in [2.24, 2.45) is 5.92 Å². The predicted octanol–water partition coefficient (Wildman–Crippen LogP) is 3.03. The van der Waals surface area contributed by atoms with Gasteiger partial charge in [0.1, 0.15) is 17.6 Å². The molecular formula is C20H21N3O4. The highest BCUT2D eigenvalue weighted by atomic mass is 16.3. The van der Waals surface area contributed by atoms with E-state index in [-0.39, 0.29) is 29.5 Å². The summed E-state index contributed by atoms with van der Waals surface area (Å²) in [5, 5.41) is 6.94. The second kappa shape index (κ2) is 7.65. The molecule has 3 aromatic rings. The monoisotopic (exact) mass is 367 g/mol. The third-order valence-corrected chi connectivity index (χ3v) is 5.01. The third-order valence-electron chi connectivity index (χ3n) is 5.01. The van der Waals surface area contributed by atoms with Crippen LogP contribution in [0.3, 0.4) is 0 Å². The molecular weight excluding hydrogens is 346 g/mol. The molecule has 27 heavy (non-hydrogen) atoms. The van der Waals surface area contributed by atoms with E-state index in [0.29, 0.717) is 6.54 Å². The fourth-order valence-corrected chi connectivity index (χ4v) is 3.53. The van der Waals surface area contributed by atoms with Gasteiger partial charge in [0, 0.05) is 17.3 Å². The van der Waals surface area contributed by atoms with Crippen molar-refractivity contribution in [3.63, 3.8) is 0 Å². The second-order valence-electron chi connectivity index (χ2n) is 6.86. The summed E-state index contributed by atoms with van der Waals surface area (Å²) in [5.41, 5.74) is 1.10. The lowest BCUT2D eigenvalue weighted by Crippen LogP contribution is -2.40. The van der Waals surface area contributed by atoms with Gasteiger partial charge >= 0.3 is 0 Å². The Morgan fingerprint density at radius 2 is 1.96 bits per heavy atom. The minimum Gasteiger partial charge on any atom is -0.459 e. The number of furan rings is 1. The first-order valence-corrected chi connectivity index (χ1v) is 9.13. The lowest BCUT2D eigenvalue weighted by molar-refractivity contribution is -0.126. The number of hydrogen-bond acceptors (Lipinski definition) is 5. The zero-order chi connectivity index (χ0) is 18.6. The van der Waals surface area contributed by atoms with E-state index in [0.717, 1.165) is 42.4 Å². The quantitative estimate of drug-likeness (QED) is 0.722. The van der Waals surface area contributed by atoms with Gasteiger partial charge in [0.2, 0.25) is 5.91 Å². The van der Waals surface area contributed by atoms with E-state index in [1.165, 1.54) is 12.7 Å². The maximum absolute atomic E-state index is 12.4. The van der Waals surface area contributed by atoms with Gasteiger partial charge in [0.05, 0.1) is 6.54 Å². The smallest absolute Gasteiger partial charge is 0.273 e. The minimum absolute atomic E-state index is 0.0328. The average Bonchev–Trinajstić information content (AvgIpc) is 3.36. The Balaban J connectivity index is 1.24. The van der Waals surface area contributed by atoms with Gasteiger partial charge in [-0.3, -0.25) is 9.59 Å². The fourth-order valence-electron chi connectivity index (χ4n) is 3.53. The van der Waals surface area contributed by atoms with E-state index in [4.69, 9.17) is 8.83 Å². The molecule has 140 valence electrons. The molecule has 1 fully saturated rings. The summed E-state index contributed by atoms with van der Waals surface area (Å²) in [4.78, 5) is 28.3. The molecule has 1 aliphatic rings. The summed E-state index contributed by atoms with van der Waals surface area (Å²) in [7, 11) is 0. The Morgan fingerprint density at radius 3 is 2.70 bits per heavy atom. The number of carbonyl (C=O) groups excluding carboxylic acids is 2. The number of oxazole rings is 1. The third kappa shape index (κ3) is 4.02. The molecule has 2 N–H and O–H groups in total. The molecule has 7 heteroatoms. The molecule has 1 aromatic carbocycles. The van der Waals surface area contributed by atoms with Crippen LogP contribution >= 0.6 is 0 Å². The first kappa shape index (κ1) is 17.3. The van der Waals surface area contributed by atoms with Crippen molar-refractivity contribution in [1.82, 2.24) is 15.6 Å².